The monoisotopic (exact) mass is 615 g/mol. The molecule has 0 radical (unpaired) electrons. The molecule has 1 aliphatic carbocycles. The summed E-state index contributed by atoms with van der Waals surface area (Å²) in [7, 11) is -3.90. The normalized spacial score (nSPS) is 14.7. The summed E-state index contributed by atoms with van der Waals surface area (Å²) in [5.74, 6) is -0.796. The molecule has 0 heterocycles. The number of amides is 2. The van der Waals surface area contributed by atoms with Crippen LogP contribution in [0.25, 0.3) is 0 Å². The van der Waals surface area contributed by atoms with E-state index in [1.165, 1.54) is 4.90 Å². The van der Waals surface area contributed by atoms with E-state index in [9.17, 15) is 18.0 Å². The van der Waals surface area contributed by atoms with Crippen LogP contribution in [0.4, 0.5) is 5.69 Å². The first kappa shape index (κ1) is 30.9. The summed E-state index contributed by atoms with van der Waals surface area (Å²) in [5, 5.41) is 3.88. The predicted octanol–water partition coefficient (Wildman–Crippen LogP) is 5.85. The maximum atomic E-state index is 14.2. The van der Waals surface area contributed by atoms with Gasteiger partial charge in [-0.05, 0) is 48.2 Å². The number of anilines is 1. The fourth-order valence-electron chi connectivity index (χ4n) is 5.18. The van der Waals surface area contributed by atoms with Crippen LogP contribution < -0.4 is 9.62 Å². The molecule has 0 aliphatic heterocycles. The van der Waals surface area contributed by atoms with Crippen LogP contribution in [0, 0.1) is 0 Å². The maximum Gasteiger partial charge on any atom is 0.244 e. The smallest absolute Gasteiger partial charge is 0.244 e. The number of carbonyl (C=O) groups excluding carboxylic acids is 2. The van der Waals surface area contributed by atoms with Crippen LogP contribution in [0.1, 0.15) is 43.2 Å². The van der Waals surface area contributed by atoms with Gasteiger partial charge in [0.1, 0.15) is 12.6 Å². The number of nitrogens with one attached hydrogen (secondary N) is 1. The van der Waals surface area contributed by atoms with Gasteiger partial charge in [-0.15, -0.1) is 0 Å². The molecule has 2 amide bonds. The van der Waals surface area contributed by atoms with Gasteiger partial charge in [0.2, 0.25) is 21.8 Å². The Morgan fingerprint density at radius 3 is 2.22 bits per heavy atom. The van der Waals surface area contributed by atoms with Crippen LogP contribution in [0.15, 0.2) is 78.9 Å². The average molecular weight is 617 g/mol. The summed E-state index contributed by atoms with van der Waals surface area (Å²) in [6.45, 7) is -0.458. The molecule has 1 aliphatic rings. The summed E-state index contributed by atoms with van der Waals surface area (Å²) in [6, 6.07) is 22.2. The summed E-state index contributed by atoms with van der Waals surface area (Å²) < 4.78 is 26.8. The number of hydrogen-bond acceptors (Lipinski definition) is 4. The van der Waals surface area contributed by atoms with Gasteiger partial charge < -0.3 is 10.2 Å². The quantitative estimate of drug-likeness (QED) is 0.293. The Morgan fingerprint density at radius 2 is 1.56 bits per heavy atom. The second kappa shape index (κ2) is 14.2. The Labute approximate surface area is 252 Å². The fraction of sp³-hybridized carbons (Fsp3) is 0.355. The maximum absolute atomic E-state index is 14.2. The van der Waals surface area contributed by atoms with Crippen molar-refractivity contribution in [2.45, 2.75) is 57.2 Å². The third-order valence-electron chi connectivity index (χ3n) is 7.26. The van der Waals surface area contributed by atoms with E-state index in [0.717, 1.165) is 53.8 Å². The molecule has 7 nitrogen and oxygen atoms in total. The summed E-state index contributed by atoms with van der Waals surface area (Å²) in [5.41, 5.74) is 1.79. The molecule has 1 N–H and O–H groups in total. The molecule has 4 rings (SSSR count). The van der Waals surface area contributed by atoms with E-state index in [-0.39, 0.29) is 35.6 Å². The Balaban J connectivity index is 1.73. The second-order valence-electron chi connectivity index (χ2n) is 10.4. The first-order valence-corrected chi connectivity index (χ1v) is 16.3. The SMILES string of the molecule is CS(=O)(=O)N(CC(=O)N(Cc1cccc(Cl)c1)[C@@H](Cc1ccccc1)C(=O)NC1CCCCC1)c1ccccc1Cl. The van der Waals surface area contributed by atoms with Crippen molar-refractivity contribution in [3.05, 3.63) is 100 Å². The lowest BCUT2D eigenvalue weighted by Crippen LogP contribution is -2.55. The summed E-state index contributed by atoms with van der Waals surface area (Å²) >= 11 is 12.6. The number of hydrogen-bond donors (Lipinski definition) is 1. The molecule has 1 saturated carbocycles. The Bertz CT molecular complexity index is 1450. The largest absolute Gasteiger partial charge is 0.352 e. The van der Waals surface area contributed by atoms with E-state index < -0.39 is 28.5 Å². The molecule has 1 atom stereocenters. The van der Waals surface area contributed by atoms with Gasteiger partial charge in [-0.3, -0.25) is 13.9 Å². The van der Waals surface area contributed by atoms with Crippen molar-refractivity contribution in [1.29, 1.82) is 0 Å². The molecule has 3 aromatic rings. The molecule has 1 fully saturated rings. The van der Waals surface area contributed by atoms with E-state index in [4.69, 9.17) is 23.2 Å². The molecular formula is C31H35Cl2N3O4S. The third-order valence-corrected chi connectivity index (χ3v) is 8.95. The molecule has 3 aromatic carbocycles. The zero-order valence-corrected chi connectivity index (χ0v) is 25.3. The van der Waals surface area contributed by atoms with Crippen LogP contribution in [-0.2, 0) is 32.6 Å². The molecule has 0 bridgehead atoms. The number of rotatable bonds is 11. The number of benzene rings is 3. The fourth-order valence-corrected chi connectivity index (χ4v) is 6.54. The Kier molecular flexibility index (Phi) is 10.7. The predicted molar refractivity (Wildman–Crippen MR) is 165 cm³/mol. The molecule has 41 heavy (non-hydrogen) atoms. The van der Waals surface area contributed by atoms with Crippen LogP contribution in [-0.4, -0.2) is 50.0 Å². The summed E-state index contributed by atoms with van der Waals surface area (Å²) in [4.78, 5) is 29.6. The topological polar surface area (TPSA) is 86.8 Å². The number of para-hydroxylation sites is 1. The standard InChI is InChI=1S/C31H35Cl2N3O4S/c1-41(39,40)36(28-18-9-8-17-27(28)33)22-30(37)35(21-24-13-10-14-25(32)19-24)29(20-23-11-4-2-5-12-23)31(38)34-26-15-6-3-7-16-26/h2,4-5,8-14,17-19,26,29H,3,6-7,15-16,20-22H2,1H3,(H,34,38)/t29-/m0/s1. The second-order valence-corrected chi connectivity index (χ2v) is 13.2. The van der Waals surface area contributed by atoms with Crippen molar-refractivity contribution in [2.24, 2.45) is 0 Å². The minimum Gasteiger partial charge on any atom is -0.352 e. The molecule has 0 saturated heterocycles. The molecule has 0 unspecified atom stereocenters. The minimum absolute atomic E-state index is 0.0355. The molecule has 0 spiro atoms. The molecular weight excluding hydrogens is 581 g/mol. The molecule has 218 valence electrons. The highest BCUT2D eigenvalue weighted by atomic mass is 35.5. The van der Waals surface area contributed by atoms with Gasteiger partial charge in [0, 0.05) is 24.0 Å². The molecule has 0 aromatic heterocycles. The lowest BCUT2D eigenvalue weighted by Gasteiger charge is -2.35. The van der Waals surface area contributed by atoms with Crippen molar-refractivity contribution in [1.82, 2.24) is 10.2 Å². The van der Waals surface area contributed by atoms with Gasteiger partial charge in [-0.2, -0.15) is 0 Å². The van der Waals surface area contributed by atoms with Gasteiger partial charge in [0.15, 0.2) is 0 Å². The van der Waals surface area contributed by atoms with Gasteiger partial charge in [0.25, 0.3) is 0 Å². The van der Waals surface area contributed by atoms with Crippen LogP contribution in [0.5, 0.6) is 0 Å². The van der Waals surface area contributed by atoms with Gasteiger partial charge >= 0.3 is 0 Å². The van der Waals surface area contributed by atoms with Gasteiger partial charge in [-0.1, -0.05) is 97.1 Å². The number of halogens is 2. The highest BCUT2D eigenvalue weighted by Gasteiger charge is 2.34. The summed E-state index contributed by atoms with van der Waals surface area (Å²) in [6.07, 6.45) is 6.30. The molecule has 10 heteroatoms. The zero-order valence-electron chi connectivity index (χ0n) is 23.0. The van der Waals surface area contributed by atoms with E-state index >= 15 is 0 Å². The van der Waals surface area contributed by atoms with Crippen molar-refractivity contribution < 1.29 is 18.0 Å². The van der Waals surface area contributed by atoms with Gasteiger partial charge in [0.05, 0.1) is 17.0 Å². The Hall–Kier alpha value is -3.07. The van der Waals surface area contributed by atoms with E-state index in [1.54, 1.807) is 42.5 Å². The van der Waals surface area contributed by atoms with Crippen LogP contribution >= 0.6 is 23.2 Å². The van der Waals surface area contributed by atoms with Crippen molar-refractivity contribution >= 4 is 50.7 Å². The van der Waals surface area contributed by atoms with Gasteiger partial charge in [-0.25, -0.2) is 8.42 Å². The first-order chi connectivity index (χ1) is 19.6. The highest BCUT2D eigenvalue weighted by molar-refractivity contribution is 7.92. The van der Waals surface area contributed by atoms with Crippen molar-refractivity contribution in [3.8, 4) is 0 Å². The number of nitrogens with zero attached hydrogens (tertiary/aromatic N) is 2. The average Bonchev–Trinajstić information content (AvgIpc) is 2.94. The lowest BCUT2D eigenvalue weighted by atomic mass is 9.94. The number of sulfonamides is 1. The number of carbonyl (C=O) groups is 2. The highest BCUT2D eigenvalue weighted by Crippen LogP contribution is 2.28. The van der Waals surface area contributed by atoms with Crippen LogP contribution in [0.3, 0.4) is 0 Å². The van der Waals surface area contributed by atoms with Crippen molar-refractivity contribution in [2.75, 3.05) is 17.1 Å². The zero-order chi connectivity index (χ0) is 29.4. The van der Waals surface area contributed by atoms with Crippen molar-refractivity contribution in [3.63, 3.8) is 0 Å². The lowest BCUT2D eigenvalue weighted by molar-refractivity contribution is -0.140. The van der Waals surface area contributed by atoms with E-state index in [1.807, 2.05) is 36.4 Å². The first-order valence-electron chi connectivity index (χ1n) is 13.7. The third kappa shape index (κ3) is 8.71. The Morgan fingerprint density at radius 1 is 0.902 bits per heavy atom. The minimum atomic E-state index is -3.90. The van der Waals surface area contributed by atoms with Crippen LogP contribution in [0.2, 0.25) is 10.0 Å². The van der Waals surface area contributed by atoms with E-state index in [0.29, 0.717) is 5.02 Å². The van der Waals surface area contributed by atoms with E-state index in [2.05, 4.69) is 5.32 Å².